The molecule has 0 saturated carbocycles. The van der Waals surface area contributed by atoms with E-state index in [-0.39, 0.29) is 18.0 Å². The summed E-state index contributed by atoms with van der Waals surface area (Å²) in [4.78, 5) is 33.0. The van der Waals surface area contributed by atoms with Gasteiger partial charge in [-0.3, -0.25) is 9.59 Å². The number of fused-ring (bicyclic) bond motifs is 1. The quantitative estimate of drug-likeness (QED) is 0.516. The third kappa shape index (κ3) is 5.48. The molecule has 0 aliphatic rings. The van der Waals surface area contributed by atoms with Crippen LogP contribution in [0.25, 0.3) is 10.9 Å². The fourth-order valence-corrected chi connectivity index (χ4v) is 3.04. The molecule has 1 heterocycles. The van der Waals surface area contributed by atoms with E-state index >= 15 is 0 Å². The van der Waals surface area contributed by atoms with Crippen molar-refractivity contribution in [3.05, 3.63) is 70.3 Å². The predicted octanol–water partition coefficient (Wildman–Crippen LogP) is 0.465. The third-order valence-electron chi connectivity index (χ3n) is 4.43. The fourth-order valence-electron chi connectivity index (χ4n) is 3.04. The van der Waals surface area contributed by atoms with Gasteiger partial charge in [-0.05, 0) is 30.3 Å². The number of hydrogen-bond acceptors (Lipinski definition) is 5. The predicted molar refractivity (Wildman–Crippen MR) is 108 cm³/mol. The number of nitrogens with one attached hydrogen (secondary N) is 3. The average Bonchev–Trinajstić information content (AvgIpc) is 2.72. The van der Waals surface area contributed by atoms with Crippen molar-refractivity contribution in [1.29, 1.82) is 5.26 Å². The maximum atomic E-state index is 12.5. The van der Waals surface area contributed by atoms with Crippen LogP contribution in [0.15, 0.2) is 53.3 Å². The molecule has 1 aromatic heterocycles. The number of aromatic amines is 1. The van der Waals surface area contributed by atoms with E-state index < -0.39 is 0 Å². The topological polar surface area (TPSA) is 112 Å². The molecule has 0 spiro atoms. The van der Waals surface area contributed by atoms with Gasteiger partial charge < -0.3 is 19.9 Å². The molecule has 3 aromatic rings. The van der Waals surface area contributed by atoms with Crippen LogP contribution in [-0.2, 0) is 16.1 Å². The number of quaternary nitrogens is 1. The van der Waals surface area contributed by atoms with Crippen LogP contribution in [0, 0.1) is 11.3 Å². The molecule has 0 bridgehead atoms. The van der Waals surface area contributed by atoms with Crippen molar-refractivity contribution >= 4 is 22.5 Å². The van der Waals surface area contributed by atoms with Gasteiger partial charge in [0.1, 0.15) is 13.1 Å². The number of nitriles is 1. The average molecular weight is 392 g/mol. The van der Waals surface area contributed by atoms with Crippen LogP contribution in [0.5, 0.6) is 0 Å². The second-order valence-corrected chi connectivity index (χ2v) is 6.62. The second-order valence-electron chi connectivity index (χ2n) is 6.62. The molecule has 1 unspecified atom stereocenters. The fraction of sp³-hybridized carbons (Fsp3) is 0.238. The van der Waals surface area contributed by atoms with Gasteiger partial charge in [-0.1, -0.05) is 18.2 Å². The Balaban J connectivity index is 1.73. The van der Waals surface area contributed by atoms with Gasteiger partial charge in [0.05, 0.1) is 29.1 Å². The molecule has 1 amide bonds. The number of anilines is 1. The van der Waals surface area contributed by atoms with E-state index in [0.29, 0.717) is 47.7 Å². The number of nitrogens with zero attached hydrogens (tertiary/aromatic N) is 2. The van der Waals surface area contributed by atoms with Crippen molar-refractivity contribution in [2.45, 2.75) is 6.54 Å². The summed E-state index contributed by atoms with van der Waals surface area (Å²) < 4.78 is 5.15. The van der Waals surface area contributed by atoms with Crippen LogP contribution in [0.3, 0.4) is 0 Å². The molecule has 29 heavy (non-hydrogen) atoms. The first kappa shape index (κ1) is 20.2. The third-order valence-corrected chi connectivity index (χ3v) is 4.43. The van der Waals surface area contributed by atoms with E-state index in [4.69, 9.17) is 10.00 Å². The number of aromatic nitrogens is 2. The van der Waals surface area contributed by atoms with Crippen molar-refractivity contribution < 1.29 is 14.4 Å². The number of H-pyrrole nitrogens is 1. The van der Waals surface area contributed by atoms with Gasteiger partial charge in [0.2, 0.25) is 0 Å². The lowest BCUT2D eigenvalue weighted by Crippen LogP contribution is -3.12. The molecule has 3 rings (SSSR count). The highest BCUT2D eigenvalue weighted by Crippen LogP contribution is 2.09. The summed E-state index contributed by atoms with van der Waals surface area (Å²) in [6, 6.07) is 15.9. The van der Waals surface area contributed by atoms with Crippen LogP contribution in [0.1, 0.15) is 11.4 Å². The van der Waals surface area contributed by atoms with Crippen LogP contribution in [0.2, 0.25) is 0 Å². The van der Waals surface area contributed by atoms with Crippen molar-refractivity contribution in [3.8, 4) is 6.07 Å². The van der Waals surface area contributed by atoms with Crippen LogP contribution >= 0.6 is 0 Å². The monoisotopic (exact) mass is 392 g/mol. The summed E-state index contributed by atoms with van der Waals surface area (Å²) in [5.74, 6) is 0.313. The Labute approximate surface area is 167 Å². The number of para-hydroxylation sites is 1. The van der Waals surface area contributed by atoms with Gasteiger partial charge in [-0.25, -0.2) is 4.98 Å². The molecule has 8 nitrogen and oxygen atoms in total. The number of rotatable bonds is 8. The highest BCUT2D eigenvalue weighted by atomic mass is 16.5. The van der Waals surface area contributed by atoms with E-state index in [1.807, 2.05) is 12.1 Å². The van der Waals surface area contributed by atoms with Gasteiger partial charge >= 0.3 is 0 Å². The zero-order valence-electron chi connectivity index (χ0n) is 16.1. The van der Waals surface area contributed by atoms with Crippen molar-refractivity contribution in [2.75, 3.05) is 32.1 Å². The Morgan fingerprint density at radius 2 is 2.10 bits per heavy atom. The molecule has 0 saturated heterocycles. The number of benzene rings is 2. The van der Waals surface area contributed by atoms with Crippen LogP contribution < -0.4 is 15.8 Å². The summed E-state index contributed by atoms with van der Waals surface area (Å²) >= 11 is 0. The van der Waals surface area contributed by atoms with E-state index in [2.05, 4.69) is 15.3 Å². The van der Waals surface area contributed by atoms with E-state index in [9.17, 15) is 9.59 Å². The SMILES string of the molecule is COCC[NH+](CC(=O)Nc1cccc(C#N)c1)Cc1nc2ccccc2c(=O)[nH]1. The normalized spacial score (nSPS) is 11.7. The van der Waals surface area contributed by atoms with Gasteiger partial charge in [0.15, 0.2) is 12.4 Å². The molecule has 8 heteroatoms. The van der Waals surface area contributed by atoms with Gasteiger partial charge in [0, 0.05) is 12.8 Å². The minimum atomic E-state index is -0.200. The maximum absolute atomic E-state index is 12.5. The molecular weight excluding hydrogens is 370 g/mol. The molecule has 0 fully saturated rings. The summed E-state index contributed by atoms with van der Waals surface area (Å²) in [5, 5.41) is 12.3. The Morgan fingerprint density at radius 3 is 2.90 bits per heavy atom. The van der Waals surface area contributed by atoms with E-state index in [1.165, 1.54) is 0 Å². The maximum Gasteiger partial charge on any atom is 0.279 e. The van der Waals surface area contributed by atoms with Crippen molar-refractivity contribution in [3.63, 3.8) is 0 Å². The Bertz CT molecular complexity index is 1100. The first-order valence-electron chi connectivity index (χ1n) is 9.19. The van der Waals surface area contributed by atoms with E-state index in [0.717, 1.165) is 4.90 Å². The summed E-state index contributed by atoms with van der Waals surface area (Å²) in [5.41, 5.74) is 1.46. The van der Waals surface area contributed by atoms with Crippen molar-refractivity contribution in [2.24, 2.45) is 0 Å². The van der Waals surface area contributed by atoms with Gasteiger partial charge in [-0.2, -0.15) is 5.26 Å². The van der Waals surface area contributed by atoms with Crippen molar-refractivity contribution in [1.82, 2.24) is 9.97 Å². The second kappa shape index (κ2) is 9.59. The molecular formula is C21H22N5O3+. The summed E-state index contributed by atoms with van der Waals surface area (Å²) in [6.07, 6.45) is 0. The molecule has 0 aliphatic carbocycles. The Morgan fingerprint density at radius 1 is 1.28 bits per heavy atom. The largest absolute Gasteiger partial charge is 0.379 e. The molecule has 1 atom stereocenters. The molecule has 0 aliphatic heterocycles. The molecule has 2 aromatic carbocycles. The number of carbonyl (C=O) groups excluding carboxylic acids is 1. The molecule has 3 N–H and O–H groups in total. The number of methoxy groups -OCH3 is 1. The van der Waals surface area contributed by atoms with Gasteiger partial charge in [-0.15, -0.1) is 0 Å². The smallest absolute Gasteiger partial charge is 0.279 e. The highest BCUT2D eigenvalue weighted by molar-refractivity contribution is 5.91. The van der Waals surface area contributed by atoms with Crippen LogP contribution in [0.4, 0.5) is 5.69 Å². The molecule has 148 valence electrons. The first-order chi connectivity index (χ1) is 14.1. The lowest BCUT2D eigenvalue weighted by molar-refractivity contribution is -0.906. The number of hydrogen-bond donors (Lipinski definition) is 3. The summed E-state index contributed by atoms with van der Waals surface area (Å²) in [6.45, 7) is 1.56. The standard InChI is InChI=1S/C21H21N5O3/c1-29-10-9-26(14-20(27)23-16-6-4-5-15(11-16)12-22)13-19-24-18-8-3-2-7-17(18)21(28)25-19/h2-8,11H,9-10,13-14H2,1H3,(H,23,27)(H,24,25,28)/p+1. The summed E-state index contributed by atoms with van der Waals surface area (Å²) in [7, 11) is 1.60. The minimum Gasteiger partial charge on any atom is -0.379 e. The Kier molecular flexibility index (Phi) is 6.68. The van der Waals surface area contributed by atoms with Crippen LogP contribution in [-0.4, -0.2) is 42.7 Å². The minimum absolute atomic E-state index is 0.163. The zero-order valence-corrected chi connectivity index (χ0v) is 16.1. The number of ether oxygens (including phenoxy) is 1. The number of amides is 1. The zero-order chi connectivity index (χ0) is 20.6. The lowest BCUT2D eigenvalue weighted by atomic mass is 10.2. The first-order valence-corrected chi connectivity index (χ1v) is 9.19. The highest BCUT2D eigenvalue weighted by Gasteiger charge is 2.17. The Hall–Kier alpha value is -3.54. The molecule has 0 radical (unpaired) electrons. The lowest BCUT2D eigenvalue weighted by Gasteiger charge is -2.18. The number of carbonyl (C=O) groups is 1. The van der Waals surface area contributed by atoms with E-state index in [1.54, 1.807) is 49.6 Å². The van der Waals surface area contributed by atoms with Gasteiger partial charge in [0.25, 0.3) is 11.5 Å².